The predicted octanol–water partition coefficient (Wildman–Crippen LogP) is 3.17. The molecule has 3 atom stereocenters. The number of carbonyl (C=O) groups excluding carboxylic acids is 2. The van der Waals surface area contributed by atoms with E-state index >= 15 is 0 Å². The average molecular weight is 286 g/mol. The first-order valence-electron chi connectivity index (χ1n) is 7.74. The maximum Gasteiger partial charge on any atom is 0.201 e. The number of benzene rings is 1. The van der Waals surface area contributed by atoms with Gasteiger partial charge in [-0.25, -0.2) is 0 Å². The fourth-order valence-corrected chi connectivity index (χ4v) is 4.88. The largest absolute Gasteiger partial charge is 0.508 e. The molecule has 3 nitrogen and oxygen atoms in total. The number of fused-ring (bicyclic) bond motifs is 3. The van der Waals surface area contributed by atoms with E-state index in [1.165, 1.54) is 11.1 Å². The van der Waals surface area contributed by atoms with Gasteiger partial charge in [0, 0.05) is 5.41 Å². The molecule has 3 heteroatoms. The summed E-state index contributed by atoms with van der Waals surface area (Å²) in [6.45, 7) is 4.16. The van der Waals surface area contributed by atoms with Crippen LogP contribution in [-0.4, -0.2) is 17.2 Å². The van der Waals surface area contributed by atoms with E-state index in [-0.39, 0.29) is 22.9 Å². The van der Waals surface area contributed by atoms with Gasteiger partial charge >= 0.3 is 0 Å². The van der Waals surface area contributed by atoms with E-state index in [2.05, 4.69) is 6.92 Å². The Bertz CT molecular complexity index is 606. The minimum absolute atomic E-state index is 0.127. The van der Waals surface area contributed by atoms with Crippen molar-refractivity contribution in [2.45, 2.75) is 51.4 Å². The first-order chi connectivity index (χ1) is 9.91. The van der Waals surface area contributed by atoms with Crippen LogP contribution in [0.3, 0.4) is 0 Å². The maximum atomic E-state index is 12.2. The van der Waals surface area contributed by atoms with Crippen LogP contribution in [0.15, 0.2) is 18.2 Å². The fraction of sp³-hybridized carbons (Fsp3) is 0.556. The van der Waals surface area contributed by atoms with E-state index in [4.69, 9.17) is 0 Å². The second-order valence-electron chi connectivity index (χ2n) is 7.10. The van der Waals surface area contributed by atoms with E-state index in [1.807, 2.05) is 19.1 Å². The predicted molar refractivity (Wildman–Crippen MR) is 80.3 cm³/mol. The van der Waals surface area contributed by atoms with Crippen LogP contribution < -0.4 is 0 Å². The van der Waals surface area contributed by atoms with Crippen LogP contribution in [0.2, 0.25) is 0 Å². The lowest BCUT2D eigenvalue weighted by atomic mass is 9.49. The van der Waals surface area contributed by atoms with Crippen LogP contribution in [0.5, 0.6) is 5.75 Å². The Balaban J connectivity index is 2.12. The van der Waals surface area contributed by atoms with Crippen LogP contribution in [-0.2, 0) is 21.4 Å². The zero-order valence-corrected chi connectivity index (χ0v) is 12.7. The number of aromatic hydroxyl groups is 1. The summed E-state index contributed by atoms with van der Waals surface area (Å²) in [5.41, 5.74) is 1.76. The first-order valence-corrected chi connectivity index (χ1v) is 7.74. The lowest BCUT2D eigenvalue weighted by molar-refractivity contribution is -0.142. The topological polar surface area (TPSA) is 54.4 Å². The lowest BCUT2D eigenvalue weighted by Crippen LogP contribution is -2.52. The molecule has 0 unspecified atom stereocenters. The van der Waals surface area contributed by atoms with E-state index in [0.717, 1.165) is 32.1 Å². The molecule has 1 aromatic rings. The van der Waals surface area contributed by atoms with Gasteiger partial charge in [-0.1, -0.05) is 26.3 Å². The molecule has 1 aromatic carbocycles. The summed E-state index contributed by atoms with van der Waals surface area (Å²) in [5, 5.41) is 9.86. The molecule has 0 bridgehead atoms. The molecule has 0 saturated heterocycles. The fourth-order valence-electron chi connectivity index (χ4n) is 4.88. The zero-order valence-electron chi connectivity index (χ0n) is 12.7. The van der Waals surface area contributed by atoms with Crippen molar-refractivity contribution in [1.29, 1.82) is 0 Å². The Morgan fingerprint density at radius 2 is 2.10 bits per heavy atom. The van der Waals surface area contributed by atoms with Crippen molar-refractivity contribution < 1.29 is 14.7 Å². The van der Waals surface area contributed by atoms with Gasteiger partial charge in [0.1, 0.15) is 5.75 Å². The van der Waals surface area contributed by atoms with Gasteiger partial charge in [0.25, 0.3) is 0 Å². The highest BCUT2D eigenvalue weighted by Gasteiger charge is 2.54. The summed E-state index contributed by atoms with van der Waals surface area (Å²) in [6.07, 6.45) is 5.10. The Morgan fingerprint density at radius 3 is 2.81 bits per heavy atom. The molecule has 2 aliphatic rings. The van der Waals surface area contributed by atoms with Gasteiger partial charge in [-0.2, -0.15) is 0 Å². The van der Waals surface area contributed by atoms with E-state index < -0.39 is 5.41 Å². The first kappa shape index (κ1) is 14.3. The van der Waals surface area contributed by atoms with Gasteiger partial charge in [0.05, 0.1) is 0 Å². The van der Waals surface area contributed by atoms with Crippen molar-refractivity contribution in [3.05, 3.63) is 29.3 Å². The summed E-state index contributed by atoms with van der Waals surface area (Å²) < 4.78 is 0. The maximum absolute atomic E-state index is 12.2. The van der Waals surface area contributed by atoms with Gasteiger partial charge < -0.3 is 5.11 Å². The molecule has 0 radical (unpaired) electrons. The number of Topliss-reactive ketones (excluding diaryl/α,β-unsaturated/α-hetero) is 1. The summed E-state index contributed by atoms with van der Waals surface area (Å²) >= 11 is 0. The summed E-state index contributed by atoms with van der Waals surface area (Å²) in [5.74, 6) is 0.192. The molecule has 1 fully saturated rings. The van der Waals surface area contributed by atoms with Gasteiger partial charge in [-0.05, 0) is 60.3 Å². The number of carbonyl (C=O) groups is 2. The molecule has 0 spiro atoms. The molecule has 21 heavy (non-hydrogen) atoms. The molecule has 0 aliphatic heterocycles. The van der Waals surface area contributed by atoms with Crippen LogP contribution in [0.25, 0.3) is 0 Å². The lowest BCUT2D eigenvalue weighted by Gasteiger charge is -2.54. The van der Waals surface area contributed by atoms with Crippen LogP contribution in [0.1, 0.15) is 50.7 Å². The second kappa shape index (κ2) is 4.69. The third-order valence-electron chi connectivity index (χ3n) is 6.01. The highest BCUT2D eigenvalue weighted by molar-refractivity contribution is 6.27. The number of aldehydes is 1. The quantitative estimate of drug-likeness (QED) is 0.671. The molecular formula is C18H22O3. The Kier molecular flexibility index (Phi) is 3.19. The molecule has 2 aliphatic carbocycles. The molecule has 1 saturated carbocycles. The second-order valence-corrected chi connectivity index (χ2v) is 7.10. The van der Waals surface area contributed by atoms with Crippen LogP contribution in [0.4, 0.5) is 0 Å². The monoisotopic (exact) mass is 286 g/mol. The molecule has 112 valence electrons. The van der Waals surface area contributed by atoms with Gasteiger partial charge in [-0.3, -0.25) is 9.59 Å². The van der Waals surface area contributed by atoms with Crippen molar-refractivity contribution in [3.63, 3.8) is 0 Å². The molecule has 0 aromatic heterocycles. The average Bonchev–Trinajstić information content (AvgIpc) is 2.46. The van der Waals surface area contributed by atoms with Crippen molar-refractivity contribution in [3.8, 4) is 5.75 Å². The SMILES string of the molecule is C[C@]1(C(=O)C=O)CCC[C@]2(C)c3cc(O)ccc3CC[C@@H]12. The minimum atomic E-state index is -0.558. The molecular weight excluding hydrogens is 264 g/mol. The highest BCUT2D eigenvalue weighted by Crippen LogP contribution is 2.57. The summed E-state index contributed by atoms with van der Waals surface area (Å²) in [7, 11) is 0. The highest BCUT2D eigenvalue weighted by atomic mass is 16.3. The molecule has 0 heterocycles. The number of phenolic OH excluding ortho intramolecular Hbond substituents is 1. The third kappa shape index (κ3) is 1.94. The number of phenols is 1. The minimum Gasteiger partial charge on any atom is -0.508 e. The molecule has 1 N–H and O–H groups in total. The van der Waals surface area contributed by atoms with Gasteiger partial charge in [0.2, 0.25) is 5.78 Å². The third-order valence-corrected chi connectivity index (χ3v) is 6.01. The van der Waals surface area contributed by atoms with Gasteiger partial charge in [0.15, 0.2) is 6.29 Å². The van der Waals surface area contributed by atoms with Crippen molar-refractivity contribution in [2.24, 2.45) is 11.3 Å². The van der Waals surface area contributed by atoms with E-state index in [9.17, 15) is 14.7 Å². The number of hydrogen-bond acceptors (Lipinski definition) is 3. The van der Waals surface area contributed by atoms with E-state index in [0.29, 0.717) is 6.29 Å². The van der Waals surface area contributed by atoms with Crippen molar-refractivity contribution in [1.82, 2.24) is 0 Å². The van der Waals surface area contributed by atoms with Crippen LogP contribution >= 0.6 is 0 Å². The smallest absolute Gasteiger partial charge is 0.201 e. The number of rotatable bonds is 2. The molecule has 0 amide bonds. The van der Waals surface area contributed by atoms with Crippen molar-refractivity contribution in [2.75, 3.05) is 0 Å². The number of ketones is 1. The van der Waals surface area contributed by atoms with E-state index in [1.54, 1.807) is 6.07 Å². The number of aryl methyl sites for hydroxylation is 1. The standard InChI is InChI=1S/C18H22O3/c1-17-8-3-9-18(2,16(21)11-19)15(17)7-5-12-4-6-13(20)10-14(12)17/h4,6,10-11,15,20H,3,5,7-9H2,1-2H3/t15-,17-,18+/m1/s1. The molecule has 3 rings (SSSR count). The van der Waals surface area contributed by atoms with Crippen molar-refractivity contribution >= 4 is 12.1 Å². The zero-order chi connectivity index (χ0) is 15.3. The Labute approximate surface area is 125 Å². The summed E-state index contributed by atoms with van der Waals surface area (Å²) in [4.78, 5) is 23.3. The Hall–Kier alpha value is -1.64. The van der Waals surface area contributed by atoms with Crippen LogP contribution in [0, 0.1) is 11.3 Å². The normalized spacial score (nSPS) is 34.7. The summed E-state index contributed by atoms with van der Waals surface area (Å²) in [6, 6.07) is 5.60. The number of hydrogen-bond donors (Lipinski definition) is 1. The Morgan fingerprint density at radius 1 is 1.33 bits per heavy atom. The van der Waals surface area contributed by atoms with Gasteiger partial charge in [-0.15, -0.1) is 0 Å².